The zero-order valence-electron chi connectivity index (χ0n) is 18.8. The number of carbonyl (C=O) groups is 5. The van der Waals surface area contributed by atoms with Crippen LogP contribution < -0.4 is 27.4 Å². The highest BCUT2D eigenvalue weighted by molar-refractivity contribution is 7.98. The molecule has 0 saturated heterocycles. The van der Waals surface area contributed by atoms with Crippen LogP contribution >= 0.6 is 11.8 Å². The van der Waals surface area contributed by atoms with Crippen molar-refractivity contribution >= 4 is 41.4 Å². The number of hydrogen-bond donors (Lipinski definition) is 7. The minimum absolute atomic E-state index is 0.124. The Bertz CT molecular complexity index is 676. The van der Waals surface area contributed by atoms with Gasteiger partial charge in [-0.15, -0.1) is 0 Å². The van der Waals surface area contributed by atoms with Crippen LogP contribution in [0.3, 0.4) is 0 Å². The molecule has 6 atom stereocenters. The van der Waals surface area contributed by atoms with E-state index in [0.717, 1.165) is 6.92 Å². The zero-order valence-corrected chi connectivity index (χ0v) is 19.6. The van der Waals surface area contributed by atoms with E-state index in [9.17, 15) is 29.1 Å². The molecule has 6 unspecified atom stereocenters. The van der Waals surface area contributed by atoms with E-state index in [1.165, 1.54) is 11.8 Å². The number of rotatable bonds is 15. The molecular formula is C19H35N5O7S. The summed E-state index contributed by atoms with van der Waals surface area (Å²) < 4.78 is 0. The van der Waals surface area contributed by atoms with Gasteiger partial charge >= 0.3 is 5.97 Å². The molecule has 0 bridgehead atoms. The molecular weight excluding hydrogens is 442 g/mol. The second-order valence-electron chi connectivity index (χ2n) is 7.55. The first-order chi connectivity index (χ1) is 14.8. The van der Waals surface area contributed by atoms with Crippen LogP contribution in [0.4, 0.5) is 0 Å². The van der Waals surface area contributed by atoms with E-state index in [0.29, 0.717) is 12.2 Å². The molecule has 0 radical (unpaired) electrons. The summed E-state index contributed by atoms with van der Waals surface area (Å²) in [5.41, 5.74) is 11.1. The maximum atomic E-state index is 12.8. The fourth-order valence-electron chi connectivity index (χ4n) is 2.61. The standard InChI is InChI=1S/C19H35N5O7S/c1-5-9(2)14(21)18(29)22-11(6-7-32-4)16(27)23-12(8-13(20)26)17(28)24-15(10(3)25)19(30)31/h9-12,14-15,25H,5-8,21H2,1-4H3,(H2,20,26)(H,22,29)(H,23,27)(H,24,28)(H,30,31). The first-order valence-electron chi connectivity index (χ1n) is 10.2. The fraction of sp³-hybridized carbons (Fsp3) is 0.737. The molecule has 0 aliphatic heterocycles. The third-order valence-corrected chi connectivity index (χ3v) is 5.53. The molecule has 0 heterocycles. The van der Waals surface area contributed by atoms with Crippen molar-refractivity contribution in [2.75, 3.05) is 12.0 Å². The second-order valence-corrected chi connectivity index (χ2v) is 8.54. The van der Waals surface area contributed by atoms with Crippen LogP contribution in [-0.4, -0.2) is 82.1 Å². The highest BCUT2D eigenvalue weighted by atomic mass is 32.2. The Hall–Kier alpha value is -2.38. The highest BCUT2D eigenvalue weighted by Crippen LogP contribution is 2.08. The molecule has 9 N–H and O–H groups in total. The average molecular weight is 478 g/mol. The summed E-state index contributed by atoms with van der Waals surface area (Å²) in [5.74, 6) is -4.34. The van der Waals surface area contributed by atoms with Gasteiger partial charge in [0.2, 0.25) is 23.6 Å². The van der Waals surface area contributed by atoms with Crippen molar-refractivity contribution in [3.63, 3.8) is 0 Å². The summed E-state index contributed by atoms with van der Waals surface area (Å²) in [5, 5.41) is 25.6. The van der Waals surface area contributed by atoms with Gasteiger partial charge in [0.15, 0.2) is 6.04 Å². The maximum absolute atomic E-state index is 12.8. The number of carboxylic acids is 1. The molecule has 0 fully saturated rings. The Kier molecular flexibility index (Phi) is 13.5. The largest absolute Gasteiger partial charge is 0.480 e. The van der Waals surface area contributed by atoms with Crippen molar-refractivity contribution in [1.29, 1.82) is 0 Å². The van der Waals surface area contributed by atoms with Crippen LogP contribution in [0.1, 0.15) is 40.0 Å². The number of nitrogens with one attached hydrogen (secondary N) is 3. The van der Waals surface area contributed by atoms with Crippen LogP contribution in [0.25, 0.3) is 0 Å². The summed E-state index contributed by atoms with van der Waals surface area (Å²) >= 11 is 1.44. The van der Waals surface area contributed by atoms with Crippen molar-refractivity contribution in [2.45, 2.75) is 70.3 Å². The molecule has 0 aliphatic carbocycles. The van der Waals surface area contributed by atoms with E-state index in [1.54, 1.807) is 6.92 Å². The van der Waals surface area contributed by atoms with E-state index in [2.05, 4.69) is 16.0 Å². The van der Waals surface area contributed by atoms with Crippen LogP contribution in [0.2, 0.25) is 0 Å². The lowest BCUT2D eigenvalue weighted by Gasteiger charge is -2.26. The molecule has 0 aliphatic rings. The number of aliphatic carboxylic acids is 1. The molecule has 0 aromatic heterocycles. The summed E-state index contributed by atoms with van der Waals surface area (Å²) in [4.78, 5) is 60.4. The summed E-state index contributed by atoms with van der Waals surface area (Å²) in [6.07, 6.45) is 0.650. The summed E-state index contributed by atoms with van der Waals surface area (Å²) in [6.45, 7) is 4.84. The SMILES string of the molecule is CCC(C)C(N)C(=O)NC(CCSC)C(=O)NC(CC(N)=O)C(=O)NC(C(=O)O)C(C)O. The van der Waals surface area contributed by atoms with E-state index in [1.807, 2.05) is 13.2 Å². The van der Waals surface area contributed by atoms with Crippen LogP contribution in [0.15, 0.2) is 0 Å². The van der Waals surface area contributed by atoms with Gasteiger partial charge in [-0.25, -0.2) is 4.79 Å². The lowest BCUT2D eigenvalue weighted by molar-refractivity contribution is -0.145. The number of carbonyl (C=O) groups excluding carboxylic acids is 4. The van der Waals surface area contributed by atoms with Crippen LogP contribution in [0.5, 0.6) is 0 Å². The Morgan fingerprint density at radius 3 is 1.94 bits per heavy atom. The number of aliphatic hydroxyl groups excluding tert-OH is 1. The molecule has 32 heavy (non-hydrogen) atoms. The molecule has 0 rings (SSSR count). The van der Waals surface area contributed by atoms with Crippen molar-refractivity contribution in [3.05, 3.63) is 0 Å². The van der Waals surface area contributed by atoms with Crippen LogP contribution in [-0.2, 0) is 24.0 Å². The van der Waals surface area contributed by atoms with Gasteiger partial charge in [0.25, 0.3) is 0 Å². The van der Waals surface area contributed by atoms with E-state index >= 15 is 0 Å². The Morgan fingerprint density at radius 2 is 1.50 bits per heavy atom. The smallest absolute Gasteiger partial charge is 0.328 e. The molecule has 0 aromatic rings. The van der Waals surface area contributed by atoms with Gasteiger partial charge < -0.3 is 37.6 Å². The molecule has 184 valence electrons. The quantitative estimate of drug-likeness (QED) is 0.137. The molecule has 0 aromatic carbocycles. The first kappa shape index (κ1) is 29.6. The maximum Gasteiger partial charge on any atom is 0.328 e. The fourth-order valence-corrected chi connectivity index (χ4v) is 3.08. The van der Waals surface area contributed by atoms with Gasteiger partial charge in [-0.2, -0.15) is 11.8 Å². The van der Waals surface area contributed by atoms with Crippen molar-refractivity contribution in [2.24, 2.45) is 17.4 Å². The topological polar surface area (TPSA) is 214 Å². The molecule has 4 amide bonds. The van der Waals surface area contributed by atoms with Gasteiger partial charge in [-0.05, 0) is 31.3 Å². The summed E-state index contributed by atoms with van der Waals surface area (Å²) in [7, 11) is 0. The number of nitrogens with two attached hydrogens (primary N) is 2. The second kappa shape index (κ2) is 14.6. The van der Waals surface area contributed by atoms with Gasteiger partial charge in [0.05, 0.1) is 18.6 Å². The van der Waals surface area contributed by atoms with Crippen molar-refractivity contribution in [1.82, 2.24) is 16.0 Å². The highest BCUT2D eigenvalue weighted by Gasteiger charge is 2.32. The van der Waals surface area contributed by atoms with Crippen LogP contribution in [0, 0.1) is 5.92 Å². The Labute approximate surface area is 191 Å². The van der Waals surface area contributed by atoms with Gasteiger partial charge in [-0.1, -0.05) is 20.3 Å². The van der Waals surface area contributed by atoms with Gasteiger partial charge in [-0.3, -0.25) is 19.2 Å². The lowest BCUT2D eigenvalue weighted by atomic mass is 9.99. The van der Waals surface area contributed by atoms with E-state index < -0.39 is 66.3 Å². The molecule has 13 heteroatoms. The molecule has 0 spiro atoms. The average Bonchev–Trinajstić information content (AvgIpc) is 2.71. The normalized spacial score (nSPS) is 16.6. The Morgan fingerprint density at radius 1 is 0.969 bits per heavy atom. The number of aliphatic hydroxyl groups is 1. The zero-order chi connectivity index (χ0) is 25.0. The third-order valence-electron chi connectivity index (χ3n) is 4.89. The lowest BCUT2D eigenvalue weighted by Crippen LogP contribution is -2.59. The summed E-state index contributed by atoms with van der Waals surface area (Å²) in [6, 6.07) is -5.04. The number of hydrogen-bond acceptors (Lipinski definition) is 8. The minimum atomic E-state index is -1.66. The van der Waals surface area contributed by atoms with Crippen molar-refractivity contribution < 1.29 is 34.2 Å². The predicted molar refractivity (Wildman–Crippen MR) is 119 cm³/mol. The minimum Gasteiger partial charge on any atom is -0.480 e. The predicted octanol–water partition coefficient (Wildman–Crippen LogP) is -2.09. The number of thioether (sulfide) groups is 1. The first-order valence-corrected chi connectivity index (χ1v) is 11.6. The third kappa shape index (κ3) is 10.3. The van der Waals surface area contributed by atoms with Crippen molar-refractivity contribution in [3.8, 4) is 0 Å². The molecule has 0 saturated carbocycles. The van der Waals surface area contributed by atoms with E-state index in [4.69, 9.17) is 16.6 Å². The molecule has 12 nitrogen and oxygen atoms in total. The number of amides is 4. The Balaban J connectivity index is 5.51. The van der Waals surface area contributed by atoms with E-state index in [-0.39, 0.29) is 12.3 Å². The van der Waals surface area contributed by atoms with Gasteiger partial charge in [0.1, 0.15) is 12.1 Å². The number of primary amides is 1. The van der Waals surface area contributed by atoms with Gasteiger partial charge in [0, 0.05) is 0 Å². The number of carboxylic acid groups (broad SMARTS) is 1. The monoisotopic (exact) mass is 477 g/mol.